The number of allylic oxidation sites excluding steroid dienone is 2. The lowest BCUT2D eigenvalue weighted by molar-refractivity contribution is -0.168. The molecule has 0 atom stereocenters. The number of carbonyl (C=O) groups excluding carboxylic acids is 2. The molecule has 2 aromatic carbocycles. The van der Waals surface area contributed by atoms with E-state index in [9.17, 15) is 9.59 Å². The summed E-state index contributed by atoms with van der Waals surface area (Å²) >= 11 is 0. The zero-order valence-corrected chi connectivity index (χ0v) is 20.7. The first kappa shape index (κ1) is 22.3. The van der Waals surface area contributed by atoms with Gasteiger partial charge in [0.25, 0.3) is 0 Å². The predicted octanol–water partition coefficient (Wildman–Crippen LogP) is 5.44. The normalized spacial score (nSPS) is 18.6. The van der Waals surface area contributed by atoms with E-state index >= 15 is 0 Å². The van der Waals surface area contributed by atoms with E-state index in [4.69, 9.17) is 9.47 Å². The molecule has 32 heavy (non-hydrogen) atoms. The third-order valence-electron chi connectivity index (χ3n) is 7.16. The molecule has 0 saturated heterocycles. The van der Waals surface area contributed by atoms with E-state index in [1.165, 1.54) is 46.9 Å². The highest BCUT2D eigenvalue weighted by atomic mass is 28.3. The highest BCUT2D eigenvalue weighted by Gasteiger charge is 2.59. The zero-order valence-electron chi connectivity index (χ0n) is 19.7. The Bertz CT molecular complexity index is 1090. The van der Waals surface area contributed by atoms with Crippen LogP contribution in [0.25, 0.3) is 10.4 Å². The van der Waals surface area contributed by atoms with Crippen LogP contribution in [0.5, 0.6) is 0 Å². The monoisotopic (exact) mass is 446 g/mol. The number of ether oxygens (including phenoxy) is 2. The van der Waals surface area contributed by atoms with Gasteiger partial charge >= 0.3 is 11.9 Å². The minimum absolute atomic E-state index is 0.317. The van der Waals surface area contributed by atoms with Gasteiger partial charge in [0.05, 0.1) is 14.2 Å². The molecule has 166 valence electrons. The van der Waals surface area contributed by atoms with E-state index in [1.807, 2.05) is 12.1 Å². The summed E-state index contributed by atoms with van der Waals surface area (Å²) in [4.78, 5) is 26.0. The van der Waals surface area contributed by atoms with Crippen molar-refractivity contribution in [1.82, 2.24) is 0 Å². The first-order valence-electron chi connectivity index (χ1n) is 11.0. The van der Waals surface area contributed by atoms with Crippen molar-refractivity contribution in [3.05, 3.63) is 81.9 Å². The average Bonchev–Trinajstić information content (AvgIpc) is 3.24. The number of esters is 2. The van der Waals surface area contributed by atoms with Crippen LogP contribution in [-0.4, -0.2) is 34.2 Å². The third-order valence-corrected chi connectivity index (χ3v) is 10.8. The van der Waals surface area contributed by atoms with Crippen LogP contribution in [0.4, 0.5) is 0 Å². The summed E-state index contributed by atoms with van der Waals surface area (Å²) in [5.74, 6) is -1.04. The van der Waals surface area contributed by atoms with Crippen molar-refractivity contribution in [3.8, 4) is 0 Å². The van der Waals surface area contributed by atoms with Gasteiger partial charge in [0, 0.05) is 0 Å². The average molecular weight is 447 g/mol. The largest absolute Gasteiger partial charge is 0.468 e. The molecular formula is C27H30O4Si. The summed E-state index contributed by atoms with van der Waals surface area (Å²) in [6, 6.07) is 16.8. The Balaban J connectivity index is 2.05. The van der Waals surface area contributed by atoms with Crippen molar-refractivity contribution in [1.29, 1.82) is 0 Å². The van der Waals surface area contributed by atoms with Gasteiger partial charge in [-0.1, -0.05) is 61.6 Å². The number of fused-ring (bicyclic) bond motifs is 1. The maximum Gasteiger partial charge on any atom is 0.323 e. The number of carbonyl (C=O) groups is 2. The second-order valence-electron chi connectivity index (χ2n) is 9.38. The lowest BCUT2D eigenvalue weighted by atomic mass is 9.85. The van der Waals surface area contributed by atoms with Crippen LogP contribution in [0.3, 0.4) is 0 Å². The van der Waals surface area contributed by atoms with Gasteiger partial charge in [-0.2, -0.15) is 0 Å². The molecule has 5 heteroatoms. The van der Waals surface area contributed by atoms with E-state index in [0.717, 1.165) is 11.1 Å². The Hall–Kier alpha value is -2.92. The van der Waals surface area contributed by atoms with Gasteiger partial charge in [0.15, 0.2) is 5.41 Å². The third kappa shape index (κ3) is 3.10. The molecule has 0 aromatic heterocycles. The zero-order chi connectivity index (χ0) is 23.3. The molecule has 0 amide bonds. The molecule has 4 nitrogen and oxygen atoms in total. The minimum Gasteiger partial charge on any atom is -0.468 e. The van der Waals surface area contributed by atoms with E-state index < -0.39 is 25.4 Å². The van der Waals surface area contributed by atoms with E-state index in [-0.39, 0.29) is 0 Å². The predicted molar refractivity (Wildman–Crippen MR) is 129 cm³/mol. The lowest BCUT2D eigenvalue weighted by Crippen LogP contribution is -2.40. The van der Waals surface area contributed by atoms with E-state index in [1.54, 1.807) is 0 Å². The van der Waals surface area contributed by atoms with Crippen LogP contribution in [0.15, 0.2) is 59.7 Å². The Morgan fingerprint density at radius 1 is 0.750 bits per heavy atom. The van der Waals surface area contributed by atoms with Crippen LogP contribution >= 0.6 is 0 Å². The maximum atomic E-state index is 13.0. The first-order valence-corrected chi connectivity index (χ1v) is 14.0. The summed E-state index contributed by atoms with van der Waals surface area (Å²) in [5.41, 5.74) is 5.76. The number of hydrogen-bond donors (Lipinski definition) is 0. The second-order valence-corrected chi connectivity index (χ2v) is 13.6. The molecule has 0 spiro atoms. The summed E-state index contributed by atoms with van der Waals surface area (Å²) in [6.07, 6.45) is 0.633. The van der Waals surface area contributed by atoms with Crippen LogP contribution in [0.2, 0.25) is 13.1 Å². The van der Waals surface area contributed by atoms with Crippen molar-refractivity contribution >= 4 is 30.4 Å². The fraction of sp³-hybridized carbons (Fsp3) is 0.333. The summed E-state index contributed by atoms with van der Waals surface area (Å²) < 4.78 is 10.3. The molecule has 2 aromatic rings. The quantitative estimate of drug-likeness (QED) is 0.357. The lowest BCUT2D eigenvalue weighted by Gasteiger charge is -2.30. The number of rotatable bonds is 4. The van der Waals surface area contributed by atoms with Gasteiger partial charge in [0.2, 0.25) is 0 Å². The summed E-state index contributed by atoms with van der Waals surface area (Å²) in [5, 5.41) is 2.64. The number of hydrogen-bond acceptors (Lipinski definition) is 4. The van der Waals surface area contributed by atoms with Gasteiger partial charge in [-0.25, -0.2) is 0 Å². The Kier molecular flexibility index (Phi) is 5.49. The van der Waals surface area contributed by atoms with Crippen molar-refractivity contribution in [2.75, 3.05) is 14.2 Å². The van der Waals surface area contributed by atoms with E-state index in [2.05, 4.69) is 63.3 Å². The molecule has 4 rings (SSSR count). The molecule has 0 unspecified atom stereocenters. The van der Waals surface area contributed by atoms with Crippen molar-refractivity contribution in [2.24, 2.45) is 5.41 Å². The number of methoxy groups -OCH3 is 2. The Labute approximate surface area is 191 Å². The molecule has 1 aliphatic heterocycles. The van der Waals surface area contributed by atoms with Gasteiger partial charge < -0.3 is 9.47 Å². The molecule has 1 fully saturated rings. The Morgan fingerprint density at radius 2 is 1.12 bits per heavy atom. The smallest absolute Gasteiger partial charge is 0.323 e. The fourth-order valence-corrected chi connectivity index (χ4v) is 9.85. The molecule has 0 N–H and O–H groups in total. The van der Waals surface area contributed by atoms with Gasteiger partial charge in [0.1, 0.15) is 8.07 Å². The molecule has 0 bridgehead atoms. The van der Waals surface area contributed by atoms with Crippen molar-refractivity contribution < 1.29 is 19.1 Å². The topological polar surface area (TPSA) is 52.6 Å². The van der Waals surface area contributed by atoms with E-state index in [0.29, 0.717) is 12.8 Å². The molecular weight excluding hydrogens is 416 g/mol. The minimum atomic E-state index is -2.14. The van der Waals surface area contributed by atoms with Crippen LogP contribution in [0, 0.1) is 19.3 Å². The molecule has 0 radical (unpaired) electrons. The highest BCUT2D eigenvalue weighted by molar-refractivity contribution is 7.10. The summed E-state index contributed by atoms with van der Waals surface area (Å²) in [6.45, 7) is 9.02. The van der Waals surface area contributed by atoms with Gasteiger partial charge in [-0.05, 0) is 70.5 Å². The second kappa shape index (κ2) is 7.89. The maximum absolute atomic E-state index is 13.0. The van der Waals surface area contributed by atoms with Gasteiger partial charge in [-0.3, -0.25) is 9.59 Å². The first-order chi connectivity index (χ1) is 15.2. The standard InChI is InChI=1S/C27H30O4Si/c1-17-11-7-9-13-19(17)23-21-15-27(25(28)30-3,26(29)31-4)16-22(21)24(32(23,5)6)20-14-10-8-12-18(20)2/h7-14H,15-16H2,1-6H3. The molecule has 2 aliphatic rings. The number of benzene rings is 2. The number of aryl methyl sites for hydroxylation is 2. The molecule has 1 aliphatic carbocycles. The molecule has 1 saturated carbocycles. The van der Waals surface area contributed by atoms with Crippen LogP contribution in [0.1, 0.15) is 35.1 Å². The SMILES string of the molecule is COC(=O)C1(C(=O)OC)CC2=C(c3ccccc3C)[Si](C)(C)C(c3ccccc3C)=C2C1. The fourth-order valence-electron chi connectivity index (χ4n) is 5.71. The van der Waals surface area contributed by atoms with Crippen molar-refractivity contribution in [3.63, 3.8) is 0 Å². The van der Waals surface area contributed by atoms with Crippen LogP contribution < -0.4 is 0 Å². The highest BCUT2D eigenvalue weighted by Crippen LogP contribution is 2.60. The van der Waals surface area contributed by atoms with Crippen molar-refractivity contribution in [2.45, 2.75) is 39.8 Å². The summed E-state index contributed by atoms with van der Waals surface area (Å²) in [7, 11) is 0.544. The van der Waals surface area contributed by atoms with Crippen LogP contribution in [-0.2, 0) is 19.1 Å². The van der Waals surface area contributed by atoms with Gasteiger partial charge in [-0.15, -0.1) is 0 Å². The molecule has 1 heterocycles. The Morgan fingerprint density at radius 3 is 1.47 bits per heavy atom.